The lowest BCUT2D eigenvalue weighted by atomic mass is 10.1. The van der Waals surface area contributed by atoms with Crippen molar-refractivity contribution in [3.63, 3.8) is 0 Å². The van der Waals surface area contributed by atoms with E-state index in [1.54, 1.807) is 25.3 Å². The van der Waals surface area contributed by atoms with Crippen LogP contribution in [0, 0.1) is 0 Å². The molecule has 2 heterocycles. The molecule has 0 spiro atoms. The van der Waals surface area contributed by atoms with Crippen LogP contribution in [0.1, 0.15) is 27.8 Å². The average Bonchev–Trinajstić information content (AvgIpc) is 3.14. The highest BCUT2D eigenvalue weighted by Gasteiger charge is 2.12. The summed E-state index contributed by atoms with van der Waals surface area (Å²) >= 11 is 0. The summed E-state index contributed by atoms with van der Waals surface area (Å²) in [5, 5.41) is 0.299. The van der Waals surface area contributed by atoms with E-state index in [1.165, 1.54) is 18.2 Å². The Hall–Kier alpha value is -3.62. The Bertz CT molecular complexity index is 1060. The fourth-order valence-electron chi connectivity index (χ4n) is 2.41. The molecule has 3 aromatic rings. The number of fused-ring (bicyclic) bond motifs is 1. The Balaban J connectivity index is 1.84. The van der Waals surface area contributed by atoms with Gasteiger partial charge < -0.3 is 9.97 Å². The SMILES string of the molecule is CCn1c(=O)[nH]c2cc(C(=O)NNC(=O)c3ccc[nH]3)ccc2c1=O. The molecule has 0 unspecified atom stereocenters. The van der Waals surface area contributed by atoms with Crippen molar-refractivity contribution in [3.05, 3.63) is 68.6 Å². The number of benzene rings is 1. The van der Waals surface area contributed by atoms with Gasteiger partial charge in [-0.25, -0.2) is 4.79 Å². The molecule has 4 N–H and O–H groups in total. The van der Waals surface area contributed by atoms with E-state index in [0.29, 0.717) is 11.1 Å². The Kier molecular flexibility index (Phi) is 4.21. The van der Waals surface area contributed by atoms with E-state index in [0.717, 1.165) is 4.57 Å². The molecule has 0 radical (unpaired) electrons. The standard InChI is InChI=1S/C16H15N5O4/c1-2-21-15(24)10-6-5-9(8-12(10)18-16(21)25)13(22)19-20-14(23)11-4-3-7-17-11/h3-8,17H,2H2,1H3,(H,18,25)(H,19,22)(H,20,23). The minimum absolute atomic E-state index is 0.184. The average molecular weight is 341 g/mol. The molecule has 9 nitrogen and oxygen atoms in total. The van der Waals surface area contributed by atoms with Gasteiger partial charge in [-0.3, -0.25) is 29.8 Å². The van der Waals surface area contributed by atoms with E-state index in [1.807, 2.05) is 0 Å². The second-order valence-electron chi connectivity index (χ2n) is 5.23. The van der Waals surface area contributed by atoms with E-state index in [9.17, 15) is 19.2 Å². The molecule has 1 aromatic carbocycles. The van der Waals surface area contributed by atoms with Crippen LogP contribution in [0.2, 0.25) is 0 Å². The summed E-state index contributed by atoms with van der Waals surface area (Å²) < 4.78 is 1.07. The second-order valence-corrected chi connectivity index (χ2v) is 5.23. The molecular formula is C16H15N5O4. The number of aromatic amines is 2. The first-order valence-corrected chi connectivity index (χ1v) is 7.52. The highest BCUT2D eigenvalue weighted by Crippen LogP contribution is 2.09. The van der Waals surface area contributed by atoms with Crippen LogP contribution >= 0.6 is 0 Å². The Morgan fingerprint density at radius 1 is 1.12 bits per heavy atom. The van der Waals surface area contributed by atoms with Gasteiger partial charge >= 0.3 is 5.69 Å². The molecule has 0 bridgehead atoms. The van der Waals surface area contributed by atoms with Crippen molar-refractivity contribution >= 4 is 22.7 Å². The normalized spacial score (nSPS) is 10.6. The van der Waals surface area contributed by atoms with E-state index in [4.69, 9.17) is 0 Å². The summed E-state index contributed by atoms with van der Waals surface area (Å²) in [5.41, 5.74) is 4.30. The van der Waals surface area contributed by atoms with Crippen molar-refractivity contribution in [3.8, 4) is 0 Å². The number of nitrogens with zero attached hydrogens (tertiary/aromatic N) is 1. The highest BCUT2D eigenvalue weighted by atomic mass is 16.2. The van der Waals surface area contributed by atoms with Crippen molar-refractivity contribution in [2.45, 2.75) is 13.5 Å². The smallest absolute Gasteiger partial charge is 0.328 e. The topological polar surface area (TPSA) is 129 Å². The van der Waals surface area contributed by atoms with Gasteiger partial charge in [0.15, 0.2) is 0 Å². The molecule has 0 aliphatic carbocycles. The first-order chi connectivity index (χ1) is 12.0. The van der Waals surface area contributed by atoms with Gasteiger partial charge in [-0.2, -0.15) is 0 Å². The molecule has 0 atom stereocenters. The number of hydrazine groups is 1. The first-order valence-electron chi connectivity index (χ1n) is 7.52. The first kappa shape index (κ1) is 16.2. The van der Waals surface area contributed by atoms with Gasteiger partial charge in [0.05, 0.1) is 10.9 Å². The summed E-state index contributed by atoms with van der Waals surface area (Å²) in [6, 6.07) is 7.49. The third kappa shape index (κ3) is 3.07. The third-order valence-electron chi connectivity index (χ3n) is 3.69. The number of nitrogens with one attached hydrogen (secondary N) is 4. The molecule has 128 valence electrons. The van der Waals surface area contributed by atoms with Crippen molar-refractivity contribution in [1.82, 2.24) is 25.4 Å². The molecule has 0 aliphatic heterocycles. The summed E-state index contributed by atoms with van der Waals surface area (Å²) in [4.78, 5) is 53.2. The number of carbonyl (C=O) groups is 2. The lowest BCUT2D eigenvalue weighted by Crippen LogP contribution is -2.41. The predicted octanol–water partition coefficient (Wildman–Crippen LogP) is 0.113. The van der Waals surface area contributed by atoms with E-state index < -0.39 is 23.1 Å². The largest absolute Gasteiger partial charge is 0.357 e. The van der Waals surface area contributed by atoms with Crippen LogP contribution in [-0.2, 0) is 6.54 Å². The van der Waals surface area contributed by atoms with E-state index in [2.05, 4.69) is 20.8 Å². The van der Waals surface area contributed by atoms with Crippen molar-refractivity contribution in [1.29, 1.82) is 0 Å². The molecule has 3 rings (SSSR count). The lowest BCUT2D eigenvalue weighted by molar-refractivity contribution is 0.0844. The maximum atomic E-state index is 12.2. The maximum Gasteiger partial charge on any atom is 0.328 e. The summed E-state index contributed by atoms with van der Waals surface area (Å²) in [6.07, 6.45) is 1.58. The number of H-pyrrole nitrogens is 2. The second kappa shape index (κ2) is 6.48. The number of carbonyl (C=O) groups excluding carboxylic acids is 2. The predicted molar refractivity (Wildman–Crippen MR) is 90.2 cm³/mol. The number of hydrogen-bond acceptors (Lipinski definition) is 4. The zero-order chi connectivity index (χ0) is 18.0. The van der Waals surface area contributed by atoms with Gasteiger partial charge in [-0.1, -0.05) is 0 Å². The van der Waals surface area contributed by atoms with Crippen LogP contribution in [0.4, 0.5) is 0 Å². The fourth-order valence-corrected chi connectivity index (χ4v) is 2.41. The van der Waals surface area contributed by atoms with Crippen molar-refractivity contribution < 1.29 is 9.59 Å². The van der Waals surface area contributed by atoms with E-state index >= 15 is 0 Å². The third-order valence-corrected chi connectivity index (χ3v) is 3.69. The van der Waals surface area contributed by atoms with Gasteiger partial charge in [0, 0.05) is 18.3 Å². The number of hydrogen-bond donors (Lipinski definition) is 4. The maximum absolute atomic E-state index is 12.2. The summed E-state index contributed by atoms with van der Waals surface area (Å²) in [6.45, 7) is 1.94. The van der Waals surface area contributed by atoms with Crippen LogP contribution in [0.3, 0.4) is 0 Å². The minimum Gasteiger partial charge on any atom is -0.357 e. The summed E-state index contributed by atoms with van der Waals surface area (Å²) in [5.74, 6) is -1.08. The minimum atomic E-state index is -0.581. The Morgan fingerprint density at radius 3 is 2.56 bits per heavy atom. The highest BCUT2D eigenvalue weighted by molar-refractivity contribution is 6.00. The molecular weight excluding hydrogens is 326 g/mol. The zero-order valence-electron chi connectivity index (χ0n) is 13.3. The van der Waals surface area contributed by atoms with Gasteiger partial charge in [0.2, 0.25) is 0 Å². The molecule has 2 amide bonds. The summed E-state index contributed by atoms with van der Waals surface area (Å²) in [7, 11) is 0. The number of rotatable bonds is 3. The van der Waals surface area contributed by atoms with Gasteiger partial charge in [0.1, 0.15) is 5.69 Å². The van der Waals surface area contributed by atoms with Crippen LogP contribution < -0.4 is 22.1 Å². The Labute approximate surface area is 140 Å². The van der Waals surface area contributed by atoms with E-state index in [-0.39, 0.29) is 17.6 Å². The lowest BCUT2D eigenvalue weighted by Gasteiger charge is -2.08. The van der Waals surface area contributed by atoms with Crippen LogP contribution in [0.5, 0.6) is 0 Å². The molecule has 0 saturated carbocycles. The molecule has 0 saturated heterocycles. The molecule has 2 aromatic heterocycles. The fraction of sp³-hybridized carbons (Fsp3) is 0.125. The van der Waals surface area contributed by atoms with Gasteiger partial charge in [0.25, 0.3) is 17.4 Å². The number of amides is 2. The van der Waals surface area contributed by atoms with Gasteiger partial charge in [-0.15, -0.1) is 0 Å². The molecule has 9 heteroatoms. The Morgan fingerprint density at radius 2 is 1.88 bits per heavy atom. The van der Waals surface area contributed by atoms with Gasteiger partial charge in [-0.05, 0) is 37.3 Å². The monoisotopic (exact) mass is 341 g/mol. The number of aromatic nitrogens is 3. The molecule has 0 aliphatic rings. The van der Waals surface area contributed by atoms with Crippen LogP contribution in [-0.4, -0.2) is 26.3 Å². The van der Waals surface area contributed by atoms with Crippen molar-refractivity contribution in [2.24, 2.45) is 0 Å². The van der Waals surface area contributed by atoms with Crippen LogP contribution in [0.25, 0.3) is 10.9 Å². The zero-order valence-corrected chi connectivity index (χ0v) is 13.3. The molecule has 25 heavy (non-hydrogen) atoms. The quantitative estimate of drug-likeness (QED) is 0.504. The molecule has 0 fully saturated rings. The van der Waals surface area contributed by atoms with Crippen molar-refractivity contribution in [2.75, 3.05) is 0 Å². The van der Waals surface area contributed by atoms with Crippen LogP contribution in [0.15, 0.2) is 46.1 Å².